The van der Waals surface area contributed by atoms with Gasteiger partial charge in [-0.05, 0) is 42.0 Å². The van der Waals surface area contributed by atoms with Crippen LogP contribution in [0.15, 0.2) is 67.0 Å². The molecule has 0 unspecified atom stereocenters. The summed E-state index contributed by atoms with van der Waals surface area (Å²) in [6.07, 6.45) is -1.33. The molecule has 0 fully saturated rings. The number of hydrogen-bond acceptors (Lipinski definition) is 3. The smallest absolute Gasteiger partial charge is 0.364 e. The molecule has 2 heterocycles. The number of rotatable bonds is 4. The summed E-state index contributed by atoms with van der Waals surface area (Å²) in [5.74, 6) is -0.626. The maximum atomic E-state index is 12.8. The van der Waals surface area contributed by atoms with E-state index in [1.165, 1.54) is 12.1 Å². The molecule has 162 valence electrons. The first kappa shape index (κ1) is 20.9. The fourth-order valence-corrected chi connectivity index (χ4v) is 3.32. The van der Waals surface area contributed by atoms with Gasteiger partial charge in [-0.3, -0.25) is 9.78 Å². The Morgan fingerprint density at radius 1 is 0.969 bits per heavy atom. The van der Waals surface area contributed by atoms with Gasteiger partial charge in [-0.15, -0.1) is 0 Å². The summed E-state index contributed by atoms with van der Waals surface area (Å²) in [5.41, 5.74) is 7.22. The van der Waals surface area contributed by atoms with Gasteiger partial charge in [-0.25, -0.2) is 4.79 Å². The molecular weight excluding hydrogens is 423 g/mol. The quantitative estimate of drug-likeness (QED) is 0.359. The first-order valence-corrected chi connectivity index (χ1v) is 9.33. The van der Waals surface area contributed by atoms with E-state index in [-0.39, 0.29) is 11.4 Å². The van der Waals surface area contributed by atoms with Crippen LogP contribution in [-0.2, 0) is 6.18 Å². The second-order valence-electron chi connectivity index (χ2n) is 6.90. The molecule has 0 aliphatic heterocycles. The highest BCUT2D eigenvalue weighted by Crippen LogP contribution is 2.33. The van der Waals surface area contributed by atoms with Crippen molar-refractivity contribution in [1.82, 2.24) is 9.97 Å². The molecule has 32 heavy (non-hydrogen) atoms. The highest BCUT2D eigenvalue weighted by molar-refractivity contribution is 6.09. The minimum absolute atomic E-state index is 0.00690. The third-order valence-corrected chi connectivity index (χ3v) is 4.73. The lowest BCUT2D eigenvalue weighted by atomic mass is 10.0. The Balaban J connectivity index is 1.53. The fourth-order valence-electron chi connectivity index (χ4n) is 3.32. The Bertz CT molecular complexity index is 1310. The number of carbonyl (C=O) groups excluding carboxylic acids is 2. The van der Waals surface area contributed by atoms with Crippen molar-refractivity contribution < 1.29 is 22.8 Å². The molecule has 3 amide bonds. The molecule has 0 bridgehead atoms. The van der Waals surface area contributed by atoms with Crippen LogP contribution in [0.5, 0.6) is 0 Å². The van der Waals surface area contributed by atoms with Crippen molar-refractivity contribution >= 4 is 34.2 Å². The Kier molecular flexibility index (Phi) is 5.27. The summed E-state index contributed by atoms with van der Waals surface area (Å²) in [6.45, 7) is 0. The van der Waals surface area contributed by atoms with E-state index in [1.807, 2.05) is 0 Å². The number of nitrogens with zero attached hydrogens (tertiary/aromatic N) is 1. The first-order valence-electron chi connectivity index (χ1n) is 9.33. The molecule has 0 saturated heterocycles. The molecule has 4 aromatic rings. The number of aromatic nitrogens is 2. The number of H-pyrrole nitrogens is 1. The molecule has 10 heteroatoms. The van der Waals surface area contributed by atoms with Crippen LogP contribution < -0.4 is 16.4 Å². The largest absolute Gasteiger partial charge is 0.416 e. The maximum absolute atomic E-state index is 12.8. The average molecular weight is 439 g/mol. The normalized spacial score (nSPS) is 11.3. The van der Waals surface area contributed by atoms with Gasteiger partial charge in [0.15, 0.2) is 0 Å². The van der Waals surface area contributed by atoms with E-state index in [2.05, 4.69) is 20.6 Å². The van der Waals surface area contributed by atoms with E-state index < -0.39 is 23.7 Å². The summed E-state index contributed by atoms with van der Waals surface area (Å²) in [7, 11) is 0. The summed E-state index contributed by atoms with van der Waals surface area (Å²) in [6, 6.07) is 12.0. The zero-order valence-electron chi connectivity index (χ0n) is 16.3. The van der Waals surface area contributed by atoms with E-state index in [9.17, 15) is 22.8 Å². The molecule has 5 N–H and O–H groups in total. The van der Waals surface area contributed by atoms with Crippen LogP contribution in [0.1, 0.15) is 16.1 Å². The minimum atomic E-state index is -4.51. The molecule has 0 aliphatic carbocycles. The lowest BCUT2D eigenvalue weighted by Gasteiger charge is -2.11. The molecule has 2 aromatic heterocycles. The van der Waals surface area contributed by atoms with E-state index in [4.69, 9.17) is 5.73 Å². The number of anilines is 2. The van der Waals surface area contributed by atoms with Gasteiger partial charge >= 0.3 is 12.2 Å². The number of hydrogen-bond donors (Lipinski definition) is 4. The van der Waals surface area contributed by atoms with Crippen LogP contribution in [0.2, 0.25) is 0 Å². The number of benzene rings is 2. The van der Waals surface area contributed by atoms with Crippen molar-refractivity contribution in [2.45, 2.75) is 6.18 Å². The maximum Gasteiger partial charge on any atom is 0.416 e. The van der Waals surface area contributed by atoms with Gasteiger partial charge in [-0.2, -0.15) is 13.2 Å². The van der Waals surface area contributed by atoms with Crippen molar-refractivity contribution in [2.24, 2.45) is 5.73 Å². The van der Waals surface area contributed by atoms with Crippen molar-refractivity contribution in [3.05, 3.63) is 78.2 Å². The summed E-state index contributed by atoms with van der Waals surface area (Å²) >= 11 is 0. The van der Waals surface area contributed by atoms with Crippen molar-refractivity contribution in [3.8, 4) is 11.1 Å². The summed E-state index contributed by atoms with van der Waals surface area (Å²) in [5, 5.41) is 5.69. The lowest BCUT2D eigenvalue weighted by Crippen LogP contribution is -2.19. The zero-order chi connectivity index (χ0) is 22.9. The standard InChI is InChI=1S/C22H16F3N5O2/c23-22(24,25)13-2-1-3-15(10-13)29-21(32)28-14-6-4-12(5-7-14)18-16-8-9-27-11-17(16)30-19(18)20(26)31/h1-11,30H,(H2,26,31)(H2,28,29,32). The van der Waals surface area contributed by atoms with Gasteiger partial charge < -0.3 is 21.4 Å². The van der Waals surface area contributed by atoms with Crippen molar-refractivity contribution in [1.29, 1.82) is 0 Å². The third-order valence-electron chi connectivity index (χ3n) is 4.73. The molecule has 0 aliphatic rings. The number of nitrogens with one attached hydrogen (secondary N) is 3. The molecule has 4 rings (SSSR count). The predicted octanol–water partition coefficient (Wildman–Crippen LogP) is 4.99. The van der Waals surface area contributed by atoms with Gasteiger partial charge in [0.25, 0.3) is 5.91 Å². The molecule has 0 radical (unpaired) electrons. The van der Waals surface area contributed by atoms with E-state index >= 15 is 0 Å². The summed E-state index contributed by atoms with van der Waals surface area (Å²) < 4.78 is 38.5. The number of aromatic amines is 1. The average Bonchev–Trinajstić information content (AvgIpc) is 3.14. The Hall–Kier alpha value is -4.34. The number of carbonyl (C=O) groups is 2. The monoisotopic (exact) mass is 439 g/mol. The van der Waals surface area contributed by atoms with E-state index in [0.717, 1.165) is 17.5 Å². The van der Waals surface area contributed by atoms with Gasteiger partial charge in [0, 0.05) is 28.5 Å². The van der Waals surface area contributed by atoms with Gasteiger partial charge in [0.1, 0.15) is 5.69 Å². The number of halogens is 3. The minimum Gasteiger partial charge on any atom is -0.364 e. The fraction of sp³-hybridized carbons (Fsp3) is 0.0455. The number of amides is 3. The SMILES string of the molecule is NC(=O)c1[nH]c2cnccc2c1-c1ccc(NC(=O)Nc2cccc(C(F)(F)F)c2)cc1. The second kappa shape index (κ2) is 8.06. The number of alkyl halides is 3. The molecule has 0 atom stereocenters. The van der Waals surface area contributed by atoms with Crippen LogP contribution in [0.3, 0.4) is 0 Å². The summed E-state index contributed by atoms with van der Waals surface area (Å²) in [4.78, 5) is 31.0. The second-order valence-corrected chi connectivity index (χ2v) is 6.90. The third kappa shape index (κ3) is 4.24. The number of primary amides is 1. The molecule has 7 nitrogen and oxygen atoms in total. The molecular formula is C22H16F3N5O2. The highest BCUT2D eigenvalue weighted by atomic mass is 19.4. The van der Waals surface area contributed by atoms with Crippen LogP contribution in [0, 0.1) is 0 Å². The Morgan fingerprint density at radius 3 is 2.38 bits per heavy atom. The Labute approximate surface area is 179 Å². The van der Waals surface area contributed by atoms with Crippen molar-refractivity contribution in [2.75, 3.05) is 10.6 Å². The number of nitrogens with two attached hydrogens (primary N) is 1. The number of pyridine rings is 1. The zero-order valence-corrected chi connectivity index (χ0v) is 16.3. The highest BCUT2D eigenvalue weighted by Gasteiger charge is 2.30. The topological polar surface area (TPSA) is 113 Å². The van der Waals surface area contributed by atoms with Gasteiger partial charge in [0.05, 0.1) is 17.3 Å². The Morgan fingerprint density at radius 2 is 1.69 bits per heavy atom. The van der Waals surface area contributed by atoms with Crippen LogP contribution >= 0.6 is 0 Å². The van der Waals surface area contributed by atoms with Gasteiger partial charge in [0.2, 0.25) is 0 Å². The van der Waals surface area contributed by atoms with Gasteiger partial charge in [-0.1, -0.05) is 18.2 Å². The number of fused-ring (bicyclic) bond motifs is 1. The molecule has 2 aromatic carbocycles. The number of urea groups is 1. The van der Waals surface area contributed by atoms with Crippen LogP contribution in [0.4, 0.5) is 29.3 Å². The first-order chi connectivity index (χ1) is 15.2. The van der Waals surface area contributed by atoms with E-state index in [0.29, 0.717) is 22.3 Å². The van der Waals surface area contributed by atoms with Crippen LogP contribution in [0.25, 0.3) is 22.0 Å². The van der Waals surface area contributed by atoms with Crippen molar-refractivity contribution in [3.63, 3.8) is 0 Å². The molecule has 0 saturated carbocycles. The van der Waals surface area contributed by atoms with E-state index in [1.54, 1.807) is 42.7 Å². The molecule has 0 spiro atoms. The predicted molar refractivity (Wildman–Crippen MR) is 114 cm³/mol. The van der Waals surface area contributed by atoms with Crippen LogP contribution in [-0.4, -0.2) is 21.9 Å². The lowest BCUT2D eigenvalue weighted by molar-refractivity contribution is -0.137.